The fourth-order valence-corrected chi connectivity index (χ4v) is 1.92. The Kier molecular flexibility index (Phi) is 4.65. The molecule has 0 aliphatic carbocycles. The first-order valence-electron chi connectivity index (χ1n) is 6.40. The minimum atomic E-state index is 0.515. The van der Waals surface area contributed by atoms with Gasteiger partial charge in [0.25, 0.3) is 0 Å². The van der Waals surface area contributed by atoms with Crippen molar-refractivity contribution in [2.24, 2.45) is 0 Å². The van der Waals surface area contributed by atoms with Gasteiger partial charge >= 0.3 is 0 Å². The summed E-state index contributed by atoms with van der Waals surface area (Å²) in [6, 6.07) is 11.4. The Morgan fingerprint density at radius 2 is 1.90 bits per heavy atom. The minimum absolute atomic E-state index is 0.515. The zero-order valence-electron chi connectivity index (χ0n) is 11.7. The van der Waals surface area contributed by atoms with Crippen LogP contribution in [0.1, 0.15) is 5.56 Å². The Balaban J connectivity index is 1.94. The number of nitrogens with zero attached hydrogens (tertiary/aromatic N) is 1. The molecule has 0 spiro atoms. The molecule has 0 unspecified atom stereocenters. The number of methoxy groups -OCH3 is 2. The normalized spacial score (nSPS) is 10.1. The molecular formula is C15H19N3O2. The summed E-state index contributed by atoms with van der Waals surface area (Å²) in [6.45, 7) is 0.770. The number of anilines is 2. The summed E-state index contributed by atoms with van der Waals surface area (Å²) in [5, 5.41) is 3.24. The molecule has 3 N–H and O–H groups in total. The number of ether oxygens (including phenoxy) is 2. The lowest BCUT2D eigenvalue weighted by atomic mass is 10.1. The van der Waals surface area contributed by atoms with E-state index in [1.807, 2.05) is 30.3 Å². The van der Waals surface area contributed by atoms with Gasteiger partial charge in [0.05, 0.1) is 14.2 Å². The molecule has 0 bridgehead atoms. The first-order valence-corrected chi connectivity index (χ1v) is 6.40. The van der Waals surface area contributed by atoms with Crippen LogP contribution in [0, 0.1) is 0 Å². The average Bonchev–Trinajstić information content (AvgIpc) is 2.47. The molecule has 5 heteroatoms. The molecule has 1 aromatic heterocycles. The van der Waals surface area contributed by atoms with E-state index in [0.29, 0.717) is 5.82 Å². The van der Waals surface area contributed by atoms with Crippen molar-refractivity contribution in [3.63, 3.8) is 0 Å². The van der Waals surface area contributed by atoms with Gasteiger partial charge in [-0.05, 0) is 36.2 Å². The highest BCUT2D eigenvalue weighted by Crippen LogP contribution is 2.27. The lowest BCUT2D eigenvalue weighted by Gasteiger charge is -2.10. The van der Waals surface area contributed by atoms with E-state index in [0.717, 1.165) is 30.3 Å². The molecule has 2 aromatic rings. The fraction of sp³-hybridized carbons (Fsp3) is 0.267. The number of hydrogen-bond donors (Lipinski definition) is 2. The van der Waals surface area contributed by atoms with Gasteiger partial charge in [0.2, 0.25) is 0 Å². The van der Waals surface area contributed by atoms with Crippen molar-refractivity contribution in [1.82, 2.24) is 4.98 Å². The zero-order chi connectivity index (χ0) is 14.4. The van der Waals surface area contributed by atoms with Crippen LogP contribution in [0.4, 0.5) is 11.6 Å². The SMILES string of the molecule is COc1ccc(CCNc2cccc(N)n2)cc1OC. The van der Waals surface area contributed by atoms with Crippen LogP contribution in [0.5, 0.6) is 11.5 Å². The molecule has 1 aromatic carbocycles. The van der Waals surface area contributed by atoms with Crippen LogP contribution in [0.2, 0.25) is 0 Å². The number of benzene rings is 1. The summed E-state index contributed by atoms with van der Waals surface area (Å²) in [6.07, 6.45) is 0.858. The molecule has 0 saturated heterocycles. The fourth-order valence-electron chi connectivity index (χ4n) is 1.92. The largest absolute Gasteiger partial charge is 0.493 e. The van der Waals surface area contributed by atoms with Crippen molar-refractivity contribution in [2.75, 3.05) is 31.8 Å². The van der Waals surface area contributed by atoms with Crippen molar-refractivity contribution < 1.29 is 9.47 Å². The molecule has 0 aliphatic heterocycles. The second-order valence-electron chi connectivity index (χ2n) is 4.31. The van der Waals surface area contributed by atoms with Gasteiger partial charge in [-0.1, -0.05) is 12.1 Å². The molecule has 0 radical (unpaired) electrons. The number of nitrogens with two attached hydrogens (primary N) is 1. The van der Waals surface area contributed by atoms with Crippen LogP contribution < -0.4 is 20.5 Å². The van der Waals surface area contributed by atoms with Gasteiger partial charge in [0.15, 0.2) is 11.5 Å². The van der Waals surface area contributed by atoms with Crippen LogP contribution in [0.15, 0.2) is 36.4 Å². The van der Waals surface area contributed by atoms with Crippen molar-refractivity contribution in [3.05, 3.63) is 42.0 Å². The topological polar surface area (TPSA) is 69.4 Å². The molecule has 0 aliphatic rings. The number of nitrogens with one attached hydrogen (secondary N) is 1. The minimum Gasteiger partial charge on any atom is -0.493 e. The quantitative estimate of drug-likeness (QED) is 0.845. The Hall–Kier alpha value is -2.43. The average molecular weight is 273 g/mol. The van der Waals surface area contributed by atoms with E-state index in [2.05, 4.69) is 10.3 Å². The van der Waals surface area contributed by atoms with E-state index < -0.39 is 0 Å². The molecule has 0 saturated carbocycles. The van der Waals surface area contributed by atoms with E-state index in [1.54, 1.807) is 20.3 Å². The summed E-state index contributed by atoms with van der Waals surface area (Å²) in [7, 11) is 3.26. The zero-order valence-corrected chi connectivity index (χ0v) is 11.7. The Bertz CT molecular complexity index is 573. The Morgan fingerprint density at radius 1 is 1.10 bits per heavy atom. The number of pyridine rings is 1. The van der Waals surface area contributed by atoms with Gasteiger partial charge in [0.1, 0.15) is 11.6 Å². The number of nitrogen functional groups attached to an aromatic ring is 1. The predicted molar refractivity (Wildman–Crippen MR) is 80.4 cm³/mol. The molecular weight excluding hydrogens is 254 g/mol. The third-order valence-electron chi connectivity index (χ3n) is 2.94. The molecule has 0 fully saturated rings. The van der Waals surface area contributed by atoms with E-state index in [1.165, 1.54) is 5.56 Å². The predicted octanol–water partition coefficient (Wildman–Crippen LogP) is 2.34. The second kappa shape index (κ2) is 6.65. The van der Waals surface area contributed by atoms with E-state index in [9.17, 15) is 0 Å². The monoisotopic (exact) mass is 273 g/mol. The van der Waals surface area contributed by atoms with Gasteiger partial charge in [-0.2, -0.15) is 0 Å². The van der Waals surface area contributed by atoms with Crippen molar-refractivity contribution in [3.8, 4) is 11.5 Å². The highest BCUT2D eigenvalue weighted by Gasteiger charge is 2.04. The lowest BCUT2D eigenvalue weighted by molar-refractivity contribution is 0.354. The summed E-state index contributed by atoms with van der Waals surface area (Å²) >= 11 is 0. The molecule has 20 heavy (non-hydrogen) atoms. The number of hydrogen-bond acceptors (Lipinski definition) is 5. The molecule has 2 rings (SSSR count). The van der Waals surface area contributed by atoms with Crippen LogP contribution >= 0.6 is 0 Å². The first kappa shape index (κ1) is 14.0. The maximum absolute atomic E-state index is 5.63. The van der Waals surface area contributed by atoms with Gasteiger partial charge < -0.3 is 20.5 Å². The van der Waals surface area contributed by atoms with Crippen LogP contribution in [-0.2, 0) is 6.42 Å². The number of rotatable bonds is 6. The van der Waals surface area contributed by atoms with E-state index >= 15 is 0 Å². The third-order valence-corrected chi connectivity index (χ3v) is 2.94. The van der Waals surface area contributed by atoms with Crippen molar-refractivity contribution >= 4 is 11.6 Å². The summed E-state index contributed by atoms with van der Waals surface area (Å²) in [4.78, 5) is 4.19. The van der Waals surface area contributed by atoms with E-state index in [4.69, 9.17) is 15.2 Å². The summed E-state index contributed by atoms with van der Waals surface area (Å²) in [5.74, 6) is 2.78. The van der Waals surface area contributed by atoms with Gasteiger partial charge in [-0.3, -0.25) is 0 Å². The van der Waals surface area contributed by atoms with Crippen LogP contribution in [0.3, 0.4) is 0 Å². The summed E-state index contributed by atoms with van der Waals surface area (Å²) in [5.41, 5.74) is 6.80. The molecule has 106 valence electrons. The molecule has 1 heterocycles. The maximum atomic E-state index is 5.63. The van der Waals surface area contributed by atoms with Gasteiger partial charge in [-0.25, -0.2) is 4.98 Å². The molecule has 0 amide bonds. The van der Waals surface area contributed by atoms with Crippen LogP contribution in [-0.4, -0.2) is 25.7 Å². The lowest BCUT2D eigenvalue weighted by Crippen LogP contribution is -2.07. The first-order chi connectivity index (χ1) is 9.72. The Labute approximate surface area is 118 Å². The van der Waals surface area contributed by atoms with Gasteiger partial charge in [-0.15, -0.1) is 0 Å². The van der Waals surface area contributed by atoms with Gasteiger partial charge in [0, 0.05) is 6.54 Å². The summed E-state index contributed by atoms with van der Waals surface area (Å²) < 4.78 is 10.5. The van der Waals surface area contributed by atoms with E-state index in [-0.39, 0.29) is 0 Å². The Morgan fingerprint density at radius 3 is 2.60 bits per heavy atom. The maximum Gasteiger partial charge on any atom is 0.160 e. The number of aromatic nitrogens is 1. The van der Waals surface area contributed by atoms with Crippen molar-refractivity contribution in [1.29, 1.82) is 0 Å². The standard InChI is InChI=1S/C15H19N3O2/c1-19-12-7-6-11(10-13(12)20-2)8-9-17-15-5-3-4-14(16)18-15/h3-7,10H,8-9H2,1-2H3,(H3,16,17,18). The molecule has 5 nitrogen and oxygen atoms in total. The third kappa shape index (κ3) is 3.54. The molecule has 0 atom stereocenters. The second-order valence-corrected chi connectivity index (χ2v) is 4.31. The van der Waals surface area contributed by atoms with Crippen LogP contribution in [0.25, 0.3) is 0 Å². The highest BCUT2D eigenvalue weighted by atomic mass is 16.5. The highest BCUT2D eigenvalue weighted by molar-refractivity contribution is 5.44. The smallest absolute Gasteiger partial charge is 0.160 e. The van der Waals surface area contributed by atoms with Crippen molar-refractivity contribution in [2.45, 2.75) is 6.42 Å².